The van der Waals surface area contributed by atoms with Crippen molar-refractivity contribution < 1.29 is 36.3 Å². The number of ether oxygens (including phenoxy) is 1. The maximum Gasteiger partial charge on any atom is 0.458 e. The highest BCUT2D eigenvalue weighted by molar-refractivity contribution is 6.02. The molecule has 0 atom stereocenters. The number of likely N-dealkylation sites (tertiary alicyclic amines) is 1. The van der Waals surface area contributed by atoms with Gasteiger partial charge in [0, 0.05) is 24.2 Å². The monoisotopic (exact) mass is 393 g/mol. The van der Waals surface area contributed by atoms with E-state index in [4.69, 9.17) is 4.74 Å². The van der Waals surface area contributed by atoms with Gasteiger partial charge in [0.1, 0.15) is 5.60 Å². The molecular formula is C18H20F5NO3. The fraction of sp³-hybridized carbons (Fsp3) is 0.556. The van der Waals surface area contributed by atoms with Crippen LogP contribution in [-0.4, -0.2) is 41.6 Å². The van der Waals surface area contributed by atoms with Crippen LogP contribution in [0, 0.1) is 5.41 Å². The van der Waals surface area contributed by atoms with Crippen LogP contribution in [0.15, 0.2) is 24.3 Å². The van der Waals surface area contributed by atoms with Crippen molar-refractivity contribution in [2.45, 2.75) is 45.4 Å². The number of carbonyl (C=O) groups is 2. The average molecular weight is 393 g/mol. The van der Waals surface area contributed by atoms with E-state index in [9.17, 15) is 31.5 Å². The van der Waals surface area contributed by atoms with Crippen LogP contribution in [-0.2, 0) is 10.7 Å². The number of hydrogen-bond donors (Lipinski definition) is 0. The Morgan fingerprint density at radius 3 is 1.89 bits per heavy atom. The molecule has 27 heavy (non-hydrogen) atoms. The normalized spacial score (nSPS) is 17.3. The summed E-state index contributed by atoms with van der Waals surface area (Å²) in [5.74, 6) is -5.44. The summed E-state index contributed by atoms with van der Waals surface area (Å²) in [5.41, 5.74) is -2.87. The zero-order valence-corrected chi connectivity index (χ0v) is 15.3. The molecule has 1 aliphatic heterocycles. The van der Waals surface area contributed by atoms with Crippen molar-refractivity contribution in [2.75, 3.05) is 13.1 Å². The van der Waals surface area contributed by atoms with Crippen molar-refractivity contribution in [1.29, 1.82) is 0 Å². The molecule has 4 nitrogen and oxygen atoms in total. The molecule has 1 heterocycles. The van der Waals surface area contributed by atoms with E-state index >= 15 is 0 Å². The third-order valence-electron chi connectivity index (χ3n) is 4.15. The molecule has 1 amide bonds. The minimum absolute atomic E-state index is 0.00284. The van der Waals surface area contributed by atoms with Gasteiger partial charge in [-0.25, -0.2) is 4.79 Å². The second-order valence-corrected chi connectivity index (χ2v) is 7.88. The average Bonchev–Trinajstić information content (AvgIpc) is 2.48. The fourth-order valence-corrected chi connectivity index (χ4v) is 2.74. The van der Waals surface area contributed by atoms with Gasteiger partial charge in [0.2, 0.25) is 0 Å². The number of nitrogens with zero attached hydrogens (tertiary/aromatic N) is 1. The van der Waals surface area contributed by atoms with Crippen molar-refractivity contribution in [2.24, 2.45) is 5.41 Å². The summed E-state index contributed by atoms with van der Waals surface area (Å²) in [6.07, 6.45) is -6.29. The zero-order chi connectivity index (χ0) is 20.8. The number of carbonyl (C=O) groups excluding carboxylic acids is 2. The Kier molecular flexibility index (Phi) is 5.05. The van der Waals surface area contributed by atoms with Crippen LogP contribution in [0.2, 0.25) is 0 Å². The Hall–Kier alpha value is -2.19. The molecule has 1 aromatic carbocycles. The molecule has 0 radical (unpaired) electrons. The first-order valence-electron chi connectivity index (χ1n) is 8.15. The molecule has 0 aliphatic carbocycles. The molecule has 0 aromatic heterocycles. The summed E-state index contributed by atoms with van der Waals surface area (Å²) in [6, 6.07) is 3.07. The SMILES string of the molecule is CC(C)(C)OC(=O)N1CC(C)(C(=O)c2ccc(C(F)(F)C(F)(F)F)cc2)C1. The number of amides is 1. The fourth-order valence-electron chi connectivity index (χ4n) is 2.74. The Morgan fingerprint density at radius 1 is 1.00 bits per heavy atom. The highest BCUT2D eigenvalue weighted by Gasteiger charge is 2.58. The molecule has 1 aromatic rings. The number of rotatable bonds is 3. The maximum absolute atomic E-state index is 13.3. The standard InChI is InChI=1S/C18H20F5NO3/c1-15(2,3)27-14(26)24-9-16(4,10-24)13(25)11-5-7-12(8-6-11)17(19,20)18(21,22)23/h5-8H,9-10H2,1-4H3. The van der Waals surface area contributed by atoms with Gasteiger partial charge in [-0.1, -0.05) is 24.3 Å². The molecule has 0 spiro atoms. The molecule has 1 saturated heterocycles. The van der Waals surface area contributed by atoms with Crippen LogP contribution in [0.25, 0.3) is 0 Å². The van der Waals surface area contributed by atoms with E-state index in [1.807, 2.05) is 0 Å². The van der Waals surface area contributed by atoms with Gasteiger partial charge >= 0.3 is 18.2 Å². The minimum atomic E-state index is -5.72. The van der Waals surface area contributed by atoms with Crippen LogP contribution in [0.3, 0.4) is 0 Å². The van der Waals surface area contributed by atoms with Crippen molar-refractivity contribution in [3.63, 3.8) is 0 Å². The molecule has 0 bridgehead atoms. The number of hydrogen-bond acceptors (Lipinski definition) is 3. The van der Waals surface area contributed by atoms with Gasteiger partial charge in [0.15, 0.2) is 5.78 Å². The Balaban J connectivity index is 2.08. The van der Waals surface area contributed by atoms with Crippen LogP contribution in [0.1, 0.15) is 43.6 Å². The molecule has 1 aliphatic rings. The van der Waals surface area contributed by atoms with E-state index in [0.717, 1.165) is 12.1 Å². The number of benzene rings is 1. The number of ketones is 1. The third kappa shape index (κ3) is 4.22. The first-order chi connectivity index (χ1) is 12.1. The zero-order valence-electron chi connectivity index (χ0n) is 15.3. The van der Waals surface area contributed by atoms with E-state index in [0.29, 0.717) is 12.1 Å². The van der Waals surface area contributed by atoms with Crippen LogP contribution < -0.4 is 0 Å². The molecule has 2 rings (SSSR count). The number of Topliss-reactive ketones (excluding diaryl/α,β-unsaturated/α-hetero) is 1. The number of alkyl halides is 5. The van der Waals surface area contributed by atoms with Crippen molar-refractivity contribution in [3.05, 3.63) is 35.4 Å². The van der Waals surface area contributed by atoms with Crippen molar-refractivity contribution >= 4 is 11.9 Å². The summed E-state index contributed by atoms with van der Waals surface area (Å²) in [6.45, 7) is 6.84. The highest BCUT2D eigenvalue weighted by atomic mass is 19.4. The quantitative estimate of drug-likeness (QED) is 0.549. The largest absolute Gasteiger partial charge is 0.458 e. The van der Waals surface area contributed by atoms with Gasteiger partial charge in [-0.2, -0.15) is 22.0 Å². The van der Waals surface area contributed by atoms with Crippen LogP contribution in [0.5, 0.6) is 0 Å². The lowest BCUT2D eigenvalue weighted by atomic mass is 9.75. The Morgan fingerprint density at radius 2 is 1.48 bits per heavy atom. The second-order valence-electron chi connectivity index (χ2n) is 7.88. The molecule has 150 valence electrons. The van der Waals surface area contributed by atoms with Gasteiger partial charge in [-0.05, 0) is 27.7 Å². The Bertz CT molecular complexity index is 729. The first-order valence-corrected chi connectivity index (χ1v) is 8.15. The lowest BCUT2D eigenvalue weighted by Crippen LogP contribution is -2.61. The van der Waals surface area contributed by atoms with Crippen LogP contribution in [0.4, 0.5) is 26.7 Å². The maximum atomic E-state index is 13.3. The van der Waals surface area contributed by atoms with E-state index in [2.05, 4.69) is 0 Å². The third-order valence-corrected chi connectivity index (χ3v) is 4.15. The first kappa shape index (κ1) is 21.1. The molecule has 0 saturated carbocycles. The van der Waals surface area contributed by atoms with Gasteiger partial charge in [0.25, 0.3) is 0 Å². The minimum Gasteiger partial charge on any atom is -0.444 e. The lowest BCUT2D eigenvalue weighted by molar-refractivity contribution is -0.289. The van der Waals surface area contributed by atoms with Crippen LogP contribution >= 0.6 is 0 Å². The van der Waals surface area contributed by atoms with Crippen molar-refractivity contribution in [1.82, 2.24) is 4.90 Å². The molecule has 0 N–H and O–H groups in total. The van der Waals surface area contributed by atoms with E-state index < -0.39 is 40.6 Å². The van der Waals surface area contributed by atoms with E-state index in [1.165, 1.54) is 4.90 Å². The smallest absolute Gasteiger partial charge is 0.444 e. The summed E-state index contributed by atoms with van der Waals surface area (Å²) < 4.78 is 69.0. The molecule has 0 unspecified atom stereocenters. The van der Waals surface area contributed by atoms with Gasteiger partial charge in [0.05, 0.1) is 5.41 Å². The molecular weight excluding hydrogens is 373 g/mol. The van der Waals surface area contributed by atoms with E-state index in [1.54, 1.807) is 27.7 Å². The molecule has 9 heteroatoms. The summed E-state index contributed by atoms with van der Waals surface area (Å²) in [5, 5.41) is 0. The van der Waals surface area contributed by atoms with Gasteiger partial charge < -0.3 is 9.64 Å². The lowest BCUT2D eigenvalue weighted by Gasteiger charge is -2.46. The number of halogens is 5. The van der Waals surface area contributed by atoms with Gasteiger partial charge in [-0.15, -0.1) is 0 Å². The predicted octanol–water partition coefficient (Wildman–Crippen LogP) is 4.78. The van der Waals surface area contributed by atoms with Crippen molar-refractivity contribution in [3.8, 4) is 0 Å². The summed E-state index contributed by atoms with van der Waals surface area (Å²) >= 11 is 0. The summed E-state index contributed by atoms with van der Waals surface area (Å²) in [4.78, 5) is 25.8. The van der Waals surface area contributed by atoms with Gasteiger partial charge in [-0.3, -0.25) is 4.79 Å². The highest BCUT2D eigenvalue weighted by Crippen LogP contribution is 2.44. The van der Waals surface area contributed by atoms with E-state index in [-0.39, 0.29) is 18.7 Å². The molecule has 1 fully saturated rings. The second kappa shape index (κ2) is 6.45. The summed E-state index contributed by atoms with van der Waals surface area (Å²) in [7, 11) is 0. The predicted molar refractivity (Wildman–Crippen MR) is 86.6 cm³/mol. The Labute approximate surface area is 153 Å². The topological polar surface area (TPSA) is 46.6 Å².